The first-order chi connectivity index (χ1) is 16.4. The molecule has 11 nitrogen and oxygen atoms in total. The van der Waals surface area contributed by atoms with Gasteiger partial charge in [-0.05, 0) is 25.5 Å². The molecule has 1 aliphatic heterocycles. The maximum Gasteiger partial charge on any atom is 0.339 e. The number of nitrogens with one attached hydrogen (secondary N) is 1. The lowest BCUT2D eigenvalue weighted by molar-refractivity contribution is 0.0526. The first-order valence-corrected chi connectivity index (χ1v) is 11.7. The van der Waals surface area contributed by atoms with E-state index in [1.165, 1.54) is 0 Å². The van der Waals surface area contributed by atoms with Gasteiger partial charge < -0.3 is 14.2 Å². The molecule has 0 saturated carbocycles. The number of ether oxygens (including phenoxy) is 1. The summed E-state index contributed by atoms with van der Waals surface area (Å²) in [5.74, 6) is 1.20. The minimum atomic E-state index is -0.411. The topological polar surface area (TPSA) is 118 Å². The number of aryl methyl sites for hydroxylation is 2. The minimum Gasteiger partial charge on any atom is -0.462 e. The average Bonchev–Trinajstić information content (AvgIpc) is 3.16. The van der Waals surface area contributed by atoms with Crippen LogP contribution in [-0.2, 0) is 24.9 Å². The summed E-state index contributed by atoms with van der Waals surface area (Å²) in [5.41, 5.74) is 0.500. The van der Waals surface area contributed by atoms with Gasteiger partial charge in [0.15, 0.2) is 11.2 Å². The lowest BCUT2D eigenvalue weighted by atomic mass is 10.2. The van der Waals surface area contributed by atoms with Crippen molar-refractivity contribution >= 4 is 23.0 Å². The highest BCUT2D eigenvalue weighted by molar-refractivity contribution is 5.89. The van der Waals surface area contributed by atoms with Gasteiger partial charge in [0.1, 0.15) is 11.6 Å². The summed E-state index contributed by atoms with van der Waals surface area (Å²) >= 11 is 0. The Kier molecular flexibility index (Phi) is 7.11. The molecule has 0 radical (unpaired) electrons. The van der Waals surface area contributed by atoms with E-state index in [9.17, 15) is 14.4 Å². The second kappa shape index (κ2) is 10.2. The van der Waals surface area contributed by atoms with Gasteiger partial charge in [-0.1, -0.05) is 13.3 Å². The molecule has 1 fully saturated rings. The molecule has 34 heavy (non-hydrogen) atoms. The van der Waals surface area contributed by atoms with Crippen molar-refractivity contribution in [3.05, 3.63) is 50.6 Å². The van der Waals surface area contributed by atoms with Crippen LogP contribution in [-0.4, -0.2) is 67.7 Å². The van der Waals surface area contributed by atoms with E-state index < -0.39 is 11.2 Å². The molecule has 3 aromatic heterocycles. The lowest BCUT2D eigenvalue weighted by Crippen LogP contribution is -2.46. The largest absolute Gasteiger partial charge is 0.462 e. The highest BCUT2D eigenvalue weighted by atomic mass is 16.5. The summed E-state index contributed by atoms with van der Waals surface area (Å²) in [6.07, 6.45) is 3.33. The number of carbonyl (C=O) groups excluding carboxylic acids is 1. The number of nitrogens with zero attached hydrogens (tertiary/aromatic N) is 6. The van der Waals surface area contributed by atoms with Crippen LogP contribution >= 0.6 is 0 Å². The Labute approximate surface area is 197 Å². The van der Waals surface area contributed by atoms with Crippen molar-refractivity contribution < 1.29 is 9.53 Å². The third kappa shape index (κ3) is 4.74. The van der Waals surface area contributed by atoms with Crippen molar-refractivity contribution in [2.45, 2.75) is 39.8 Å². The van der Waals surface area contributed by atoms with E-state index in [2.05, 4.69) is 26.7 Å². The molecule has 1 saturated heterocycles. The number of esters is 1. The normalized spacial score (nSPS) is 14.6. The molecule has 1 N–H and O–H groups in total. The summed E-state index contributed by atoms with van der Waals surface area (Å²) in [4.78, 5) is 52.6. The number of anilines is 1. The van der Waals surface area contributed by atoms with Crippen molar-refractivity contribution in [2.75, 3.05) is 37.7 Å². The predicted molar refractivity (Wildman–Crippen MR) is 128 cm³/mol. The number of hydrogen-bond acceptors (Lipinski definition) is 8. The molecular weight excluding hydrogens is 438 g/mol. The van der Waals surface area contributed by atoms with E-state index >= 15 is 0 Å². The van der Waals surface area contributed by atoms with E-state index in [4.69, 9.17) is 9.72 Å². The molecule has 4 heterocycles. The minimum absolute atomic E-state index is 0.333. The summed E-state index contributed by atoms with van der Waals surface area (Å²) in [5, 5.41) is 0. The molecule has 1 aliphatic rings. The van der Waals surface area contributed by atoms with Crippen LogP contribution in [0.3, 0.4) is 0 Å². The number of imidazole rings is 1. The standard InChI is InChI=1S/C23H31N7O4/c1-4-6-9-30-20-19(21(31)26-23(30)33)27(3)18(25-20)15-28-10-12-29(13-11-28)17-8-7-16(14-24-17)22(32)34-5-2/h7-8,14H,4-6,9-13,15H2,1-3H3,(H,26,31,33). The molecule has 0 bridgehead atoms. The van der Waals surface area contributed by atoms with E-state index in [0.29, 0.717) is 36.4 Å². The maximum atomic E-state index is 12.5. The third-order valence-electron chi connectivity index (χ3n) is 6.16. The first-order valence-electron chi connectivity index (χ1n) is 11.7. The van der Waals surface area contributed by atoms with E-state index in [1.54, 1.807) is 28.3 Å². The Bertz CT molecular complexity index is 1270. The first kappa shape index (κ1) is 23.7. The fourth-order valence-corrected chi connectivity index (χ4v) is 4.20. The van der Waals surface area contributed by atoms with Crippen LogP contribution in [0.15, 0.2) is 27.9 Å². The predicted octanol–water partition coefficient (Wildman–Crippen LogP) is 1.12. The van der Waals surface area contributed by atoms with Crippen LogP contribution in [0.5, 0.6) is 0 Å². The smallest absolute Gasteiger partial charge is 0.339 e. The van der Waals surface area contributed by atoms with Gasteiger partial charge in [-0.15, -0.1) is 0 Å². The van der Waals surface area contributed by atoms with Crippen molar-refractivity contribution in [1.29, 1.82) is 0 Å². The molecule has 182 valence electrons. The second-order valence-corrected chi connectivity index (χ2v) is 8.41. The van der Waals surface area contributed by atoms with Gasteiger partial charge in [0.05, 0.1) is 18.7 Å². The summed E-state index contributed by atoms with van der Waals surface area (Å²) in [6.45, 7) is 8.41. The molecule has 0 aromatic carbocycles. The zero-order valence-electron chi connectivity index (χ0n) is 19.9. The van der Waals surface area contributed by atoms with Crippen molar-refractivity contribution in [2.24, 2.45) is 7.05 Å². The fourth-order valence-electron chi connectivity index (χ4n) is 4.20. The van der Waals surface area contributed by atoms with Crippen LogP contribution in [0.4, 0.5) is 5.82 Å². The quantitative estimate of drug-likeness (QED) is 0.488. The van der Waals surface area contributed by atoms with Gasteiger partial charge in [0.2, 0.25) is 0 Å². The Morgan fingerprint density at radius 3 is 2.56 bits per heavy atom. The van der Waals surface area contributed by atoms with Gasteiger partial charge in [0.25, 0.3) is 5.56 Å². The number of unbranched alkanes of at least 4 members (excludes halogenated alkanes) is 1. The number of H-pyrrole nitrogens is 1. The number of aromatic amines is 1. The number of rotatable bonds is 8. The molecule has 3 aromatic rings. The molecule has 0 spiro atoms. The van der Waals surface area contributed by atoms with Crippen LogP contribution < -0.4 is 16.1 Å². The van der Waals surface area contributed by atoms with Crippen molar-refractivity contribution in [3.63, 3.8) is 0 Å². The average molecular weight is 470 g/mol. The third-order valence-corrected chi connectivity index (χ3v) is 6.16. The van der Waals surface area contributed by atoms with Gasteiger partial charge in [-0.25, -0.2) is 19.6 Å². The molecule has 0 atom stereocenters. The van der Waals surface area contributed by atoms with E-state index in [-0.39, 0.29) is 5.97 Å². The Balaban J connectivity index is 1.45. The summed E-state index contributed by atoms with van der Waals surface area (Å²) in [6, 6.07) is 3.58. The molecule has 0 unspecified atom stereocenters. The summed E-state index contributed by atoms with van der Waals surface area (Å²) in [7, 11) is 1.82. The highest BCUT2D eigenvalue weighted by Crippen LogP contribution is 2.17. The SMILES string of the molecule is CCCCn1c(=O)[nH]c(=O)c2c1nc(CN1CCN(c3ccc(C(=O)OCC)cn3)CC1)n2C. The van der Waals surface area contributed by atoms with Gasteiger partial charge in [-0.3, -0.25) is 19.2 Å². The number of aromatic nitrogens is 5. The van der Waals surface area contributed by atoms with E-state index in [0.717, 1.165) is 50.7 Å². The van der Waals surface area contributed by atoms with Crippen molar-refractivity contribution in [1.82, 2.24) is 29.0 Å². The van der Waals surface area contributed by atoms with Crippen LogP contribution in [0.1, 0.15) is 42.9 Å². The number of fused-ring (bicyclic) bond motifs is 1. The molecular formula is C23H31N7O4. The monoisotopic (exact) mass is 469 g/mol. The van der Waals surface area contributed by atoms with Gasteiger partial charge >= 0.3 is 11.7 Å². The maximum absolute atomic E-state index is 12.5. The fraction of sp³-hybridized carbons (Fsp3) is 0.522. The Morgan fingerprint density at radius 1 is 1.15 bits per heavy atom. The zero-order chi connectivity index (χ0) is 24.2. The van der Waals surface area contributed by atoms with Crippen LogP contribution in [0.2, 0.25) is 0 Å². The van der Waals surface area contributed by atoms with Crippen LogP contribution in [0, 0.1) is 0 Å². The molecule has 4 rings (SSSR count). The zero-order valence-corrected chi connectivity index (χ0v) is 19.9. The molecule has 11 heteroatoms. The van der Waals surface area contributed by atoms with Gasteiger partial charge in [-0.2, -0.15) is 0 Å². The van der Waals surface area contributed by atoms with Crippen molar-refractivity contribution in [3.8, 4) is 0 Å². The summed E-state index contributed by atoms with van der Waals surface area (Å²) < 4.78 is 8.36. The highest BCUT2D eigenvalue weighted by Gasteiger charge is 2.22. The van der Waals surface area contributed by atoms with Crippen LogP contribution in [0.25, 0.3) is 11.2 Å². The molecule has 0 amide bonds. The Hall–Kier alpha value is -3.47. The Morgan fingerprint density at radius 2 is 1.91 bits per heavy atom. The number of pyridine rings is 1. The van der Waals surface area contributed by atoms with E-state index in [1.807, 2.05) is 13.1 Å². The van der Waals surface area contributed by atoms with Gasteiger partial charge in [0, 0.05) is 46.0 Å². The molecule has 0 aliphatic carbocycles. The lowest BCUT2D eigenvalue weighted by Gasteiger charge is -2.35. The number of carbonyl (C=O) groups is 1. The number of hydrogen-bond donors (Lipinski definition) is 1. The number of piperazine rings is 1. The second-order valence-electron chi connectivity index (χ2n) is 8.41.